The number of pyridine rings is 1. The van der Waals surface area contributed by atoms with E-state index in [-0.39, 0.29) is 23.7 Å². The third-order valence-electron chi connectivity index (χ3n) is 6.51. The number of rotatable bonds is 4. The molecule has 2 amide bonds. The zero-order valence-corrected chi connectivity index (χ0v) is 18.9. The monoisotopic (exact) mass is 442 g/mol. The molecule has 7 heteroatoms. The van der Waals surface area contributed by atoms with Crippen LogP contribution in [-0.2, 0) is 25.5 Å². The van der Waals surface area contributed by atoms with Crippen LogP contribution in [0.25, 0.3) is 10.9 Å². The van der Waals surface area contributed by atoms with Gasteiger partial charge in [-0.2, -0.15) is 0 Å². The van der Waals surface area contributed by atoms with Crippen LogP contribution in [0.5, 0.6) is 0 Å². The zero-order chi connectivity index (χ0) is 22.3. The van der Waals surface area contributed by atoms with Gasteiger partial charge in [-0.05, 0) is 68.1 Å². The number of carbonyl (C=O) groups is 3. The lowest BCUT2D eigenvalue weighted by molar-refractivity contribution is -0.141. The Morgan fingerprint density at radius 1 is 1.13 bits per heavy atom. The van der Waals surface area contributed by atoms with Crippen molar-refractivity contribution in [3.8, 4) is 0 Å². The van der Waals surface area contributed by atoms with Gasteiger partial charge in [0.05, 0.1) is 17.8 Å². The Balaban J connectivity index is 1.81. The molecule has 6 nitrogen and oxygen atoms in total. The third-order valence-corrected chi connectivity index (χ3v) is 6.75. The Morgan fingerprint density at radius 3 is 2.55 bits per heavy atom. The van der Waals surface area contributed by atoms with Crippen LogP contribution in [0, 0.1) is 11.8 Å². The smallest absolute Gasteiger partial charge is 0.302 e. The van der Waals surface area contributed by atoms with Crippen LogP contribution < -0.4 is 4.90 Å². The van der Waals surface area contributed by atoms with Gasteiger partial charge in [0, 0.05) is 42.4 Å². The second kappa shape index (κ2) is 8.58. The van der Waals surface area contributed by atoms with Gasteiger partial charge >= 0.3 is 5.97 Å². The van der Waals surface area contributed by atoms with Crippen molar-refractivity contribution in [2.75, 3.05) is 11.5 Å². The highest BCUT2D eigenvalue weighted by atomic mass is 35.5. The van der Waals surface area contributed by atoms with Gasteiger partial charge in [0.2, 0.25) is 11.8 Å². The molecule has 0 spiro atoms. The number of hydrogen-bond donors (Lipinski definition) is 0. The Hall–Kier alpha value is -2.47. The Kier molecular flexibility index (Phi) is 6.02. The van der Waals surface area contributed by atoms with E-state index in [4.69, 9.17) is 21.3 Å². The maximum atomic E-state index is 12.5. The number of benzene rings is 1. The SMILES string of the molecule is CC(=O)OCCC1CC2Cc3nc4cc(Cl)ccc4c(N(C(C)=O)C(C)=O)c3C(C1)C2. The Morgan fingerprint density at radius 2 is 1.87 bits per heavy atom. The lowest BCUT2D eigenvalue weighted by Crippen LogP contribution is -2.37. The molecule has 1 saturated carbocycles. The van der Waals surface area contributed by atoms with Crippen LogP contribution in [0.3, 0.4) is 0 Å². The van der Waals surface area contributed by atoms with E-state index in [0.717, 1.165) is 48.7 Å². The molecule has 0 N–H and O–H groups in total. The molecule has 3 unspecified atom stereocenters. The highest BCUT2D eigenvalue weighted by Gasteiger charge is 2.39. The summed E-state index contributed by atoms with van der Waals surface area (Å²) < 4.78 is 5.17. The predicted molar refractivity (Wildman–Crippen MR) is 119 cm³/mol. The van der Waals surface area contributed by atoms with E-state index >= 15 is 0 Å². The van der Waals surface area contributed by atoms with E-state index in [1.165, 1.54) is 25.7 Å². The van der Waals surface area contributed by atoms with Gasteiger partial charge in [-0.25, -0.2) is 0 Å². The molecule has 31 heavy (non-hydrogen) atoms. The fraction of sp³-hybridized carbons (Fsp3) is 0.500. The number of halogens is 1. The quantitative estimate of drug-likeness (QED) is 0.636. The summed E-state index contributed by atoms with van der Waals surface area (Å²) in [6, 6.07) is 5.42. The first kappa shape index (κ1) is 21.8. The minimum absolute atomic E-state index is 0.216. The first-order chi connectivity index (χ1) is 14.7. The van der Waals surface area contributed by atoms with Gasteiger partial charge in [-0.3, -0.25) is 24.3 Å². The topological polar surface area (TPSA) is 76.6 Å². The van der Waals surface area contributed by atoms with Crippen molar-refractivity contribution < 1.29 is 19.1 Å². The molecule has 1 fully saturated rings. The standard InChI is InChI=1S/C24H27ClN2O4/c1-13(28)27(14(2)29)24-20-5-4-19(25)12-21(20)26-22-11-17-8-16(6-7-31-15(3)30)9-18(10-17)23(22)24/h4-5,12,16-18H,6-11H2,1-3H3. The first-order valence-electron chi connectivity index (χ1n) is 10.8. The number of imide groups is 1. The summed E-state index contributed by atoms with van der Waals surface area (Å²) in [6.45, 7) is 4.70. The summed E-state index contributed by atoms with van der Waals surface area (Å²) in [4.78, 5) is 42.4. The van der Waals surface area contributed by atoms with Gasteiger partial charge in [-0.1, -0.05) is 11.6 Å². The lowest BCUT2D eigenvalue weighted by atomic mass is 9.65. The maximum absolute atomic E-state index is 12.5. The molecule has 164 valence electrons. The number of carbonyl (C=O) groups excluding carboxylic acids is 3. The largest absolute Gasteiger partial charge is 0.466 e. The number of aromatic nitrogens is 1. The molecule has 1 aromatic carbocycles. The Labute approximate surface area is 186 Å². The summed E-state index contributed by atoms with van der Waals surface area (Å²) in [5, 5.41) is 1.35. The van der Waals surface area contributed by atoms with Gasteiger partial charge in [0.1, 0.15) is 0 Å². The molecule has 4 rings (SSSR count). The summed E-state index contributed by atoms with van der Waals surface area (Å²) >= 11 is 6.22. The zero-order valence-electron chi connectivity index (χ0n) is 18.1. The van der Waals surface area contributed by atoms with Crippen molar-refractivity contribution in [2.45, 2.75) is 58.8 Å². The van der Waals surface area contributed by atoms with E-state index in [2.05, 4.69) is 0 Å². The van der Waals surface area contributed by atoms with Crippen molar-refractivity contribution >= 4 is 46.0 Å². The van der Waals surface area contributed by atoms with Crippen LogP contribution in [0.4, 0.5) is 5.69 Å². The molecular formula is C24H27ClN2O4. The van der Waals surface area contributed by atoms with Gasteiger partial charge in [0.25, 0.3) is 0 Å². The van der Waals surface area contributed by atoms with Gasteiger partial charge < -0.3 is 4.74 Å². The number of nitrogens with zero attached hydrogens (tertiary/aromatic N) is 2. The Bertz CT molecular complexity index is 1050. The molecule has 2 aliphatic rings. The average Bonchev–Trinajstić information content (AvgIpc) is 2.66. The van der Waals surface area contributed by atoms with Crippen LogP contribution in [-0.4, -0.2) is 29.4 Å². The fourth-order valence-corrected chi connectivity index (χ4v) is 5.66. The van der Waals surface area contributed by atoms with E-state index in [1.807, 2.05) is 6.07 Å². The van der Waals surface area contributed by atoms with E-state index in [0.29, 0.717) is 34.7 Å². The van der Waals surface area contributed by atoms with Crippen molar-refractivity contribution in [1.82, 2.24) is 4.98 Å². The number of fused-ring (bicyclic) bond motifs is 5. The van der Waals surface area contributed by atoms with Gasteiger partial charge in [0.15, 0.2) is 0 Å². The minimum Gasteiger partial charge on any atom is -0.466 e. The average molecular weight is 443 g/mol. The molecule has 0 radical (unpaired) electrons. The predicted octanol–water partition coefficient (Wildman–Crippen LogP) is 4.80. The van der Waals surface area contributed by atoms with Crippen molar-refractivity contribution in [1.29, 1.82) is 0 Å². The number of anilines is 1. The molecule has 0 saturated heterocycles. The van der Waals surface area contributed by atoms with Crippen molar-refractivity contribution in [2.24, 2.45) is 11.8 Å². The molecular weight excluding hydrogens is 416 g/mol. The molecule has 2 aliphatic carbocycles. The normalized spacial score (nSPS) is 22.0. The number of amides is 2. The summed E-state index contributed by atoms with van der Waals surface area (Å²) in [5.74, 6) is 0.287. The van der Waals surface area contributed by atoms with E-state index < -0.39 is 0 Å². The minimum atomic E-state index is -0.304. The molecule has 0 aliphatic heterocycles. The van der Waals surface area contributed by atoms with Crippen LogP contribution >= 0.6 is 11.6 Å². The highest BCUT2D eigenvalue weighted by molar-refractivity contribution is 6.31. The summed E-state index contributed by atoms with van der Waals surface area (Å²) in [6.07, 6.45) is 4.67. The van der Waals surface area contributed by atoms with E-state index in [9.17, 15) is 14.4 Å². The second-order valence-corrected chi connectivity index (χ2v) is 9.26. The maximum Gasteiger partial charge on any atom is 0.302 e. The molecule has 3 atom stereocenters. The molecule has 2 bridgehead atoms. The summed E-state index contributed by atoms with van der Waals surface area (Å²) in [7, 11) is 0. The summed E-state index contributed by atoms with van der Waals surface area (Å²) in [5.41, 5.74) is 3.37. The lowest BCUT2D eigenvalue weighted by Gasteiger charge is -2.42. The van der Waals surface area contributed by atoms with Crippen LogP contribution in [0.1, 0.15) is 63.6 Å². The molecule has 1 heterocycles. The number of ether oxygens (including phenoxy) is 1. The number of esters is 1. The highest BCUT2D eigenvalue weighted by Crippen LogP contribution is 2.51. The number of hydrogen-bond acceptors (Lipinski definition) is 5. The molecule has 1 aromatic heterocycles. The third kappa shape index (κ3) is 4.31. The van der Waals surface area contributed by atoms with Crippen LogP contribution in [0.2, 0.25) is 5.02 Å². The van der Waals surface area contributed by atoms with Crippen molar-refractivity contribution in [3.63, 3.8) is 0 Å². The van der Waals surface area contributed by atoms with Crippen molar-refractivity contribution in [3.05, 3.63) is 34.5 Å². The van der Waals surface area contributed by atoms with Crippen LogP contribution in [0.15, 0.2) is 18.2 Å². The fourth-order valence-electron chi connectivity index (χ4n) is 5.49. The first-order valence-corrected chi connectivity index (χ1v) is 11.2. The van der Waals surface area contributed by atoms with E-state index in [1.54, 1.807) is 12.1 Å². The molecule has 2 aromatic rings. The second-order valence-electron chi connectivity index (χ2n) is 8.82. The van der Waals surface area contributed by atoms with Gasteiger partial charge in [-0.15, -0.1) is 0 Å².